The molecule has 2 rings (SSSR count). The van der Waals surface area contributed by atoms with Gasteiger partial charge in [0.2, 0.25) is 0 Å². The zero-order valence-corrected chi connectivity index (χ0v) is 9.22. The van der Waals surface area contributed by atoms with Crippen LogP contribution in [0.3, 0.4) is 0 Å². The summed E-state index contributed by atoms with van der Waals surface area (Å²) >= 11 is 0. The molecule has 88 valence electrons. The summed E-state index contributed by atoms with van der Waals surface area (Å²) in [4.78, 5) is 13.2. The van der Waals surface area contributed by atoms with Crippen LogP contribution in [-0.4, -0.2) is 52.1 Å². The van der Waals surface area contributed by atoms with Gasteiger partial charge in [-0.2, -0.15) is 5.10 Å². The maximum Gasteiger partial charge on any atom is 0.339 e. The minimum Gasteiger partial charge on any atom is -0.478 e. The van der Waals surface area contributed by atoms with Crippen LogP contribution in [0.4, 0.5) is 0 Å². The first kappa shape index (κ1) is 11.1. The fourth-order valence-corrected chi connectivity index (χ4v) is 1.80. The quantitative estimate of drug-likeness (QED) is 0.781. The van der Waals surface area contributed by atoms with Crippen LogP contribution < -0.4 is 0 Å². The highest BCUT2D eigenvalue weighted by atomic mass is 16.5. The van der Waals surface area contributed by atoms with Crippen molar-refractivity contribution in [2.45, 2.75) is 6.54 Å². The molecule has 1 aromatic rings. The molecule has 1 saturated heterocycles. The van der Waals surface area contributed by atoms with E-state index in [4.69, 9.17) is 9.84 Å². The van der Waals surface area contributed by atoms with Crippen LogP contribution in [0.2, 0.25) is 0 Å². The summed E-state index contributed by atoms with van der Waals surface area (Å²) < 4.78 is 6.87. The Balaban J connectivity index is 2.12. The molecule has 2 heterocycles. The minimum absolute atomic E-state index is 0.286. The third-order valence-corrected chi connectivity index (χ3v) is 2.77. The summed E-state index contributed by atoms with van der Waals surface area (Å²) in [6.07, 6.45) is 1.40. The van der Waals surface area contributed by atoms with Crippen molar-refractivity contribution in [2.75, 3.05) is 26.3 Å². The molecule has 0 spiro atoms. The molecular weight excluding hydrogens is 210 g/mol. The van der Waals surface area contributed by atoms with Crippen LogP contribution in [0.15, 0.2) is 6.20 Å². The number of carboxylic acids is 1. The molecule has 0 atom stereocenters. The Morgan fingerprint density at radius 2 is 2.25 bits per heavy atom. The normalized spacial score (nSPS) is 17.6. The summed E-state index contributed by atoms with van der Waals surface area (Å²) in [5, 5.41) is 13.0. The zero-order chi connectivity index (χ0) is 11.5. The maximum absolute atomic E-state index is 11.0. The number of hydrogen-bond acceptors (Lipinski definition) is 4. The Bertz CT molecular complexity index is 383. The molecule has 0 unspecified atom stereocenters. The van der Waals surface area contributed by atoms with Gasteiger partial charge in [0.15, 0.2) is 0 Å². The third-order valence-electron chi connectivity index (χ3n) is 2.77. The second-order valence-electron chi connectivity index (χ2n) is 3.82. The Morgan fingerprint density at radius 3 is 2.88 bits per heavy atom. The summed E-state index contributed by atoms with van der Waals surface area (Å²) in [7, 11) is 1.77. The van der Waals surface area contributed by atoms with E-state index in [1.54, 1.807) is 11.7 Å². The van der Waals surface area contributed by atoms with E-state index >= 15 is 0 Å². The van der Waals surface area contributed by atoms with Crippen molar-refractivity contribution >= 4 is 5.97 Å². The van der Waals surface area contributed by atoms with Crippen LogP contribution in [-0.2, 0) is 18.3 Å². The van der Waals surface area contributed by atoms with Gasteiger partial charge in [-0.1, -0.05) is 0 Å². The fourth-order valence-electron chi connectivity index (χ4n) is 1.80. The van der Waals surface area contributed by atoms with E-state index in [1.807, 2.05) is 0 Å². The van der Waals surface area contributed by atoms with E-state index in [2.05, 4.69) is 10.00 Å². The predicted molar refractivity (Wildman–Crippen MR) is 56.3 cm³/mol. The van der Waals surface area contributed by atoms with Crippen molar-refractivity contribution in [3.63, 3.8) is 0 Å². The van der Waals surface area contributed by atoms with Gasteiger partial charge in [0.1, 0.15) is 5.56 Å². The van der Waals surface area contributed by atoms with Crippen LogP contribution in [0.25, 0.3) is 0 Å². The lowest BCUT2D eigenvalue weighted by molar-refractivity contribution is 0.0329. The van der Waals surface area contributed by atoms with E-state index in [1.165, 1.54) is 6.20 Å². The number of aromatic nitrogens is 2. The largest absolute Gasteiger partial charge is 0.478 e. The van der Waals surface area contributed by atoms with Crippen LogP contribution >= 0.6 is 0 Å². The Hall–Kier alpha value is -1.40. The fraction of sp³-hybridized carbons (Fsp3) is 0.600. The summed E-state index contributed by atoms with van der Waals surface area (Å²) in [6, 6.07) is 0. The van der Waals surface area contributed by atoms with Crippen molar-refractivity contribution in [1.29, 1.82) is 0 Å². The molecular formula is C10H15N3O3. The molecule has 1 aromatic heterocycles. The monoisotopic (exact) mass is 225 g/mol. The molecule has 0 saturated carbocycles. The molecule has 0 radical (unpaired) electrons. The van der Waals surface area contributed by atoms with Crippen LogP contribution in [0.5, 0.6) is 0 Å². The lowest BCUT2D eigenvalue weighted by atomic mass is 10.2. The van der Waals surface area contributed by atoms with Gasteiger partial charge in [-0.15, -0.1) is 0 Å². The van der Waals surface area contributed by atoms with Crippen molar-refractivity contribution in [1.82, 2.24) is 14.7 Å². The first-order valence-electron chi connectivity index (χ1n) is 5.23. The molecule has 1 aliphatic rings. The molecule has 1 N–H and O–H groups in total. The molecule has 1 fully saturated rings. The van der Waals surface area contributed by atoms with Crippen molar-refractivity contribution < 1.29 is 14.6 Å². The molecule has 6 heteroatoms. The topological polar surface area (TPSA) is 67.6 Å². The van der Waals surface area contributed by atoms with Gasteiger partial charge < -0.3 is 9.84 Å². The molecule has 0 amide bonds. The van der Waals surface area contributed by atoms with Gasteiger partial charge in [-0.05, 0) is 0 Å². The number of morpholine rings is 1. The number of rotatable bonds is 3. The average Bonchev–Trinajstić information content (AvgIpc) is 2.62. The highest BCUT2D eigenvalue weighted by molar-refractivity contribution is 5.88. The van der Waals surface area contributed by atoms with E-state index in [9.17, 15) is 4.79 Å². The summed E-state index contributed by atoms with van der Waals surface area (Å²) in [5.74, 6) is -0.920. The Kier molecular flexibility index (Phi) is 3.21. The molecule has 0 aliphatic carbocycles. The second-order valence-corrected chi connectivity index (χ2v) is 3.82. The lowest BCUT2D eigenvalue weighted by Gasteiger charge is -2.26. The first-order valence-corrected chi connectivity index (χ1v) is 5.23. The van der Waals surface area contributed by atoms with Crippen LogP contribution in [0.1, 0.15) is 16.1 Å². The molecule has 0 aromatic carbocycles. The minimum atomic E-state index is -0.920. The van der Waals surface area contributed by atoms with Gasteiger partial charge in [0.25, 0.3) is 0 Å². The van der Waals surface area contributed by atoms with Crippen molar-refractivity contribution in [2.24, 2.45) is 7.05 Å². The molecule has 6 nitrogen and oxygen atoms in total. The van der Waals surface area contributed by atoms with Gasteiger partial charge >= 0.3 is 5.97 Å². The predicted octanol–water partition coefficient (Wildman–Crippen LogP) is -0.0495. The smallest absolute Gasteiger partial charge is 0.339 e. The summed E-state index contributed by atoms with van der Waals surface area (Å²) in [6.45, 7) is 3.70. The number of nitrogens with zero attached hydrogens (tertiary/aromatic N) is 3. The Labute approximate surface area is 93.4 Å². The first-order chi connectivity index (χ1) is 7.68. The number of carboxylic acid groups (broad SMARTS) is 1. The number of aromatic carboxylic acids is 1. The Morgan fingerprint density at radius 1 is 1.56 bits per heavy atom. The van der Waals surface area contributed by atoms with E-state index in [0.29, 0.717) is 19.8 Å². The van der Waals surface area contributed by atoms with Crippen molar-refractivity contribution in [3.8, 4) is 0 Å². The highest BCUT2D eigenvalue weighted by Crippen LogP contribution is 2.11. The number of hydrogen-bond donors (Lipinski definition) is 1. The van der Waals surface area contributed by atoms with E-state index in [0.717, 1.165) is 18.8 Å². The second kappa shape index (κ2) is 4.63. The average molecular weight is 225 g/mol. The number of carbonyl (C=O) groups is 1. The highest BCUT2D eigenvalue weighted by Gasteiger charge is 2.19. The molecule has 0 bridgehead atoms. The summed E-state index contributed by atoms with van der Waals surface area (Å²) in [5.41, 5.74) is 1.03. The van der Waals surface area contributed by atoms with Gasteiger partial charge in [0.05, 0.1) is 25.1 Å². The number of ether oxygens (including phenoxy) is 1. The molecule has 16 heavy (non-hydrogen) atoms. The maximum atomic E-state index is 11.0. The number of aryl methyl sites for hydroxylation is 1. The van der Waals surface area contributed by atoms with Crippen molar-refractivity contribution in [3.05, 3.63) is 17.5 Å². The SMILES string of the molecule is Cn1ncc(C(=O)O)c1CN1CCOCC1. The standard InChI is InChI=1S/C10H15N3O3/c1-12-9(8(6-11-12)10(14)15)7-13-2-4-16-5-3-13/h6H,2-5,7H2,1H3,(H,14,15). The lowest BCUT2D eigenvalue weighted by Crippen LogP contribution is -2.36. The van der Waals surface area contributed by atoms with Gasteiger partial charge in [-0.25, -0.2) is 4.79 Å². The van der Waals surface area contributed by atoms with E-state index < -0.39 is 5.97 Å². The van der Waals surface area contributed by atoms with Gasteiger partial charge in [0, 0.05) is 26.7 Å². The van der Waals surface area contributed by atoms with Gasteiger partial charge in [-0.3, -0.25) is 9.58 Å². The van der Waals surface area contributed by atoms with Crippen LogP contribution in [0, 0.1) is 0 Å². The third kappa shape index (κ3) is 2.23. The molecule has 1 aliphatic heterocycles. The zero-order valence-electron chi connectivity index (χ0n) is 9.22. The van der Waals surface area contributed by atoms with E-state index in [-0.39, 0.29) is 5.56 Å².